The first-order valence-electron chi connectivity index (χ1n) is 8.82. The molecule has 0 unspecified atom stereocenters. The van der Waals surface area contributed by atoms with Gasteiger partial charge in [0.2, 0.25) is 5.91 Å². The average molecular weight is 318 g/mol. The normalized spacial score (nSPS) is 36.0. The van der Waals surface area contributed by atoms with Gasteiger partial charge in [-0.05, 0) is 61.7 Å². The van der Waals surface area contributed by atoms with Crippen molar-refractivity contribution in [3.63, 3.8) is 0 Å². The Balaban J connectivity index is 1.38. The maximum Gasteiger partial charge on any atom is 0.224 e. The molecule has 0 aliphatic heterocycles. The molecule has 0 spiro atoms. The highest BCUT2D eigenvalue weighted by atomic mass is 32.1. The second kappa shape index (κ2) is 5.63. The monoisotopic (exact) mass is 318 g/mol. The average Bonchev–Trinajstić information content (AvgIpc) is 2.93. The molecule has 4 aliphatic carbocycles. The Morgan fingerprint density at radius 3 is 2.41 bits per heavy atom. The summed E-state index contributed by atoms with van der Waals surface area (Å²) in [5.41, 5.74) is 1.14. The Hall–Kier alpha value is -0.900. The van der Waals surface area contributed by atoms with Gasteiger partial charge in [0.15, 0.2) is 0 Å². The Morgan fingerprint density at radius 2 is 1.86 bits per heavy atom. The molecule has 0 aromatic carbocycles. The van der Waals surface area contributed by atoms with Crippen molar-refractivity contribution in [3.05, 3.63) is 16.1 Å². The van der Waals surface area contributed by atoms with Crippen LogP contribution < -0.4 is 5.32 Å². The van der Waals surface area contributed by atoms with Crippen LogP contribution in [0.25, 0.3) is 0 Å². The Bertz CT molecular complexity index is 537. The van der Waals surface area contributed by atoms with Gasteiger partial charge in [0.1, 0.15) is 5.01 Å². The summed E-state index contributed by atoms with van der Waals surface area (Å²) in [7, 11) is 0. The van der Waals surface area contributed by atoms with Crippen molar-refractivity contribution >= 4 is 17.2 Å². The van der Waals surface area contributed by atoms with E-state index in [2.05, 4.69) is 29.5 Å². The minimum absolute atomic E-state index is 0.289. The zero-order valence-electron chi connectivity index (χ0n) is 13.5. The molecule has 4 fully saturated rings. The molecule has 1 amide bonds. The highest BCUT2D eigenvalue weighted by Crippen LogP contribution is 2.56. The second-order valence-electron chi connectivity index (χ2n) is 8.00. The van der Waals surface area contributed by atoms with Crippen LogP contribution >= 0.6 is 11.3 Å². The van der Waals surface area contributed by atoms with E-state index in [0.717, 1.165) is 22.5 Å². The highest BCUT2D eigenvalue weighted by Gasteiger charge is 2.50. The lowest BCUT2D eigenvalue weighted by molar-refractivity contribution is -0.138. The minimum atomic E-state index is 0.289. The lowest BCUT2D eigenvalue weighted by Crippen LogP contribution is -2.50. The summed E-state index contributed by atoms with van der Waals surface area (Å²) in [6, 6.07) is 0. The third kappa shape index (κ3) is 2.60. The largest absolute Gasteiger partial charge is 0.349 e. The van der Waals surface area contributed by atoms with E-state index >= 15 is 0 Å². The van der Waals surface area contributed by atoms with Crippen LogP contribution in [0.15, 0.2) is 5.38 Å². The number of carbonyl (C=O) groups excluding carboxylic acids is 1. The van der Waals surface area contributed by atoms with E-state index in [1.54, 1.807) is 11.3 Å². The predicted octanol–water partition coefficient (Wildman–Crippen LogP) is 3.96. The fourth-order valence-corrected chi connectivity index (χ4v) is 6.20. The van der Waals surface area contributed by atoms with Gasteiger partial charge in [0, 0.05) is 11.3 Å². The number of amides is 1. The Morgan fingerprint density at radius 1 is 1.23 bits per heavy atom. The SMILES string of the molecule is CC(C)c1csc(CNC(=O)C2C3CC4CC(C3)CC2C4)n1. The molecule has 1 aromatic heterocycles. The molecular formula is C18H26N2OS. The summed E-state index contributed by atoms with van der Waals surface area (Å²) in [5.74, 6) is 4.24. The number of nitrogens with zero attached hydrogens (tertiary/aromatic N) is 1. The van der Waals surface area contributed by atoms with Gasteiger partial charge in [0.05, 0.1) is 12.2 Å². The minimum Gasteiger partial charge on any atom is -0.349 e. The van der Waals surface area contributed by atoms with Gasteiger partial charge in [-0.25, -0.2) is 4.98 Å². The third-order valence-corrected chi connectivity index (χ3v) is 6.97. The zero-order chi connectivity index (χ0) is 15.3. The quantitative estimate of drug-likeness (QED) is 0.913. The molecule has 3 nitrogen and oxygen atoms in total. The molecule has 4 heteroatoms. The summed E-state index contributed by atoms with van der Waals surface area (Å²) in [6.07, 6.45) is 6.66. The molecule has 22 heavy (non-hydrogen) atoms. The first-order valence-corrected chi connectivity index (χ1v) is 9.70. The summed E-state index contributed by atoms with van der Waals surface area (Å²) in [5, 5.41) is 6.35. The van der Waals surface area contributed by atoms with Crippen molar-refractivity contribution in [2.24, 2.45) is 29.6 Å². The maximum absolute atomic E-state index is 12.7. The van der Waals surface area contributed by atoms with Crippen LogP contribution in [-0.2, 0) is 11.3 Å². The van der Waals surface area contributed by atoms with Crippen LogP contribution in [0.1, 0.15) is 62.6 Å². The Kier molecular flexibility index (Phi) is 3.75. The molecule has 0 atom stereocenters. The summed E-state index contributed by atoms with van der Waals surface area (Å²) in [4.78, 5) is 17.3. The number of hydrogen-bond donors (Lipinski definition) is 1. The van der Waals surface area contributed by atoms with Gasteiger partial charge in [0.25, 0.3) is 0 Å². The fraction of sp³-hybridized carbons (Fsp3) is 0.778. The first-order chi connectivity index (χ1) is 10.6. The van der Waals surface area contributed by atoms with Gasteiger partial charge in [-0.3, -0.25) is 4.79 Å². The van der Waals surface area contributed by atoms with Crippen molar-refractivity contribution in [3.8, 4) is 0 Å². The van der Waals surface area contributed by atoms with Gasteiger partial charge >= 0.3 is 0 Å². The molecule has 1 heterocycles. The summed E-state index contributed by atoms with van der Waals surface area (Å²) < 4.78 is 0. The number of thiazole rings is 1. The maximum atomic E-state index is 12.7. The van der Waals surface area contributed by atoms with E-state index in [-0.39, 0.29) is 5.92 Å². The number of rotatable bonds is 4. The highest BCUT2D eigenvalue weighted by molar-refractivity contribution is 7.09. The molecular weight excluding hydrogens is 292 g/mol. The van der Waals surface area contributed by atoms with Crippen molar-refractivity contribution in [1.82, 2.24) is 10.3 Å². The van der Waals surface area contributed by atoms with Gasteiger partial charge in [-0.2, -0.15) is 0 Å². The summed E-state index contributed by atoms with van der Waals surface area (Å²) >= 11 is 1.67. The van der Waals surface area contributed by atoms with Gasteiger partial charge in [-0.1, -0.05) is 13.8 Å². The lowest BCUT2D eigenvalue weighted by atomic mass is 9.51. The van der Waals surface area contributed by atoms with Crippen LogP contribution in [0.3, 0.4) is 0 Å². The second-order valence-corrected chi connectivity index (χ2v) is 8.94. The molecule has 0 radical (unpaired) electrons. The van der Waals surface area contributed by atoms with Gasteiger partial charge < -0.3 is 5.32 Å². The van der Waals surface area contributed by atoms with E-state index < -0.39 is 0 Å². The van der Waals surface area contributed by atoms with E-state index in [1.807, 2.05) is 0 Å². The smallest absolute Gasteiger partial charge is 0.224 e. The van der Waals surface area contributed by atoms with Crippen LogP contribution in [0.5, 0.6) is 0 Å². The number of aromatic nitrogens is 1. The molecule has 0 saturated heterocycles. The van der Waals surface area contributed by atoms with Crippen molar-refractivity contribution in [2.75, 3.05) is 0 Å². The van der Waals surface area contributed by atoms with E-state index in [4.69, 9.17) is 0 Å². The molecule has 1 N–H and O–H groups in total. The zero-order valence-corrected chi connectivity index (χ0v) is 14.4. The standard InChI is InChI=1S/C18H26N2OS/c1-10(2)15-9-22-16(20-15)8-19-18(21)17-13-4-11-3-12(6-13)7-14(17)5-11/h9-14,17H,3-8H2,1-2H3,(H,19,21). The van der Waals surface area contributed by atoms with Crippen LogP contribution in [0, 0.1) is 29.6 Å². The Labute approximate surface area is 136 Å². The predicted molar refractivity (Wildman–Crippen MR) is 88.6 cm³/mol. The van der Waals surface area contributed by atoms with Crippen LogP contribution in [0.4, 0.5) is 0 Å². The fourth-order valence-electron chi connectivity index (χ4n) is 5.31. The van der Waals surface area contributed by atoms with E-state index in [0.29, 0.717) is 30.2 Å². The molecule has 4 bridgehead atoms. The topological polar surface area (TPSA) is 42.0 Å². The number of carbonyl (C=O) groups is 1. The van der Waals surface area contributed by atoms with Crippen molar-refractivity contribution < 1.29 is 4.79 Å². The summed E-state index contributed by atoms with van der Waals surface area (Å²) in [6.45, 7) is 4.93. The molecule has 1 aromatic rings. The van der Waals surface area contributed by atoms with Gasteiger partial charge in [-0.15, -0.1) is 11.3 Å². The van der Waals surface area contributed by atoms with Crippen LogP contribution in [0.2, 0.25) is 0 Å². The third-order valence-electron chi connectivity index (χ3n) is 6.10. The van der Waals surface area contributed by atoms with Crippen molar-refractivity contribution in [2.45, 2.75) is 58.4 Å². The van der Waals surface area contributed by atoms with Crippen LogP contribution in [-0.4, -0.2) is 10.9 Å². The number of hydrogen-bond acceptors (Lipinski definition) is 3. The number of nitrogens with one attached hydrogen (secondary N) is 1. The van der Waals surface area contributed by atoms with E-state index in [1.165, 1.54) is 32.1 Å². The van der Waals surface area contributed by atoms with E-state index in [9.17, 15) is 4.79 Å². The molecule has 120 valence electrons. The molecule has 4 saturated carbocycles. The lowest BCUT2D eigenvalue weighted by Gasteiger charge is -2.53. The first kappa shape index (κ1) is 14.7. The molecule has 4 aliphatic rings. The molecule has 5 rings (SSSR count). The van der Waals surface area contributed by atoms with Crippen molar-refractivity contribution in [1.29, 1.82) is 0 Å².